The standard InChI is InChI=1S/C15H27N3O2/c1-14(2)13(20)17(3)9-10-18(14)12(19)11-15(16)7-5-4-6-8-15/h4-11,16H2,1-3H3. The largest absolute Gasteiger partial charge is 0.342 e. The van der Waals surface area contributed by atoms with Gasteiger partial charge < -0.3 is 15.5 Å². The first-order chi connectivity index (χ1) is 9.26. The summed E-state index contributed by atoms with van der Waals surface area (Å²) in [7, 11) is 1.79. The fourth-order valence-electron chi connectivity index (χ4n) is 3.48. The molecule has 2 aliphatic rings. The zero-order chi connectivity index (χ0) is 15.0. The third kappa shape index (κ3) is 2.82. The third-order valence-electron chi connectivity index (χ3n) is 4.86. The second-order valence-corrected chi connectivity index (χ2v) is 6.93. The predicted octanol–water partition coefficient (Wildman–Crippen LogP) is 1.12. The minimum Gasteiger partial charge on any atom is -0.342 e. The summed E-state index contributed by atoms with van der Waals surface area (Å²) in [5.74, 6) is 0.0349. The van der Waals surface area contributed by atoms with E-state index in [4.69, 9.17) is 5.73 Å². The third-order valence-corrected chi connectivity index (χ3v) is 4.86. The molecule has 5 heteroatoms. The van der Waals surface area contributed by atoms with Crippen LogP contribution in [0, 0.1) is 0 Å². The summed E-state index contributed by atoms with van der Waals surface area (Å²) in [5.41, 5.74) is 5.26. The van der Waals surface area contributed by atoms with E-state index in [1.165, 1.54) is 6.42 Å². The average Bonchev–Trinajstić information content (AvgIpc) is 2.36. The number of nitrogens with two attached hydrogens (primary N) is 1. The highest BCUT2D eigenvalue weighted by atomic mass is 16.2. The van der Waals surface area contributed by atoms with Gasteiger partial charge in [-0.15, -0.1) is 0 Å². The molecule has 1 aliphatic carbocycles. The van der Waals surface area contributed by atoms with Gasteiger partial charge in [-0.2, -0.15) is 0 Å². The maximum absolute atomic E-state index is 12.6. The highest BCUT2D eigenvalue weighted by Gasteiger charge is 2.44. The highest BCUT2D eigenvalue weighted by molar-refractivity contribution is 5.92. The molecule has 0 atom stereocenters. The molecule has 5 nitrogen and oxygen atoms in total. The number of carbonyl (C=O) groups is 2. The fourth-order valence-corrected chi connectivity index (χ4v) is 3.48. The summed E-state index contributed by atoms with van der Waals surface area (Å²) in [6.07, 6.45) is 5.63. The summed E-state index contributed by atoms with van der Waals surface area (Å²) in [6.45, 7) is 4.86. The Balaban J connectivity index is 2.07. The summed E-state index contributed by atoms with van der Waals surface area (Å²) in [5, 5.41) is 0. The van der Waals surface area contributed by atoms with Crippen LogP contribution in [0.3, 0.4) is 0 Å². The Labute approximate surface area is 121 Å². The summed E-state index contributed by atoms with van der Waals surface area (Å²) >= 11 is 0. The van der Waals surface area contributed by atoms with Crippen LogP contribution < -0.4 is 5.73 Å². The van der Waals surface area contributed by atoms with Gasteiger partial charge in [0.2, 0.25) is 11.8 Å². The Morgan fingerprint density at radius 1 is 1.20 bits per heavy atom. The minimum absolute atomic E-state index is 0.00631. The highest BCUT2D eigenvalue weighted by Crippen LogP contribution is 2.31. The molecule has 20 heavy (non-hydrogen) atoms. The maximum Gasteiger partial charge on any atom is 0.247 e. The van der Waals surface area contributed by atoms with Gasteiger partial charge in [-0.05, 0) is 26.7 Å². The number of hydrogen-bond donors (Lipinski definition) is 1. The second-order valence-electron chi connectivity index (χ2n) is 6.93. The van der Waals surface area contributed by atoms with Gasteiger partial charge >= 0.3 is 0 Å². The van der Waals surface area contributed by atoms with Gasteiger partial charge in [0.25, 0.3) is 0 Å². The average molecular weight is 281 g/mol. The van der Waals surface area contributed by atoms with Crippen molar-refractivity contribution in [2.24, 2.45) is 5.73 Å². The SMILES string of the molecule is CN1CCN(C(=O)CC2(N)CCCCC2)C(C)(C)C1=O. The Morgan fingerprint density at radius 3 is 2.40 bits per heavy atom. The molecule has 0 aromatic carbocycles. The molecule has 0 unspecified atom stereocenters. The van der Waals surface area contributed by atoms with Crippen molar-refractivity contribution in [1.29, 1.82) is 0 Å². The molecule has 0 aromatic rings. The molecule has 0 radical (unpaired) electrons. The summed E-state index contributed by atoms with van der Waals surface area (Å²) in [6, 6.07) is 0. The van der Waals surface area contributed by atoms with Crippen molar-refractivity contribution in [2.45, 2.75) is 63.5 Å². The van der Waals surface area contributed by atoms with E-state index in [9.17, 15) is 9.59 Å². The number of amides is 2. The Kier molecular flexibility index (Phi) is 4.09. The molecule has 1 aliphatic heterocycles. The lowest BCUT2D eigenvalue weighted by Crippen LogP contribution is -2.64. The smallest absolute Gasteiger partial charge is 0.247 e. The van der Waals surface area contributed by atoms with Gasteiger partial charge in [-0.3, -0.25) is 9.59 Å². The molecule has 2 fully saturated rings. The predicted molar refractivity (Wildman–Crippen MR) is 78.0 cm³/mol. The fraction of sp³-hybridized carbons (Fsp3) is 0.867. The van der Waals surface area contributed by atoms with Crippen LogP contribution in [0.4, 0.5) is 0 Å². The van der Waals surface area contributed by atoms with E-state index >= 15 is 0 Å². The first kappa shape index (κ1) is 15.3. The van der Waals surface area contributed by atoms with Crippen LogP contribution in [-0.2, 0) is 9.59 Å². The molecule has 2 amide bonds. The first-order valence-corrected chi connectivity index (χ1v) is 7.61. The van der Waals surface area contributed by atoms with E-state index in [1.807, 2.05) is 13.8 Å². The number of piperazine rings is 1. The van der Waals surface area contributed by atoms with E-state index in [1.54, 1.807) is 16.8 Å². The summed E-state index contributed by atoms with van der Waals surface area (Å²) < 4.78 is 0. The Hall–Kier alpha value is -1.10. The number of hydrogen-bond acceptors (Lipinski definition) is 3. The van der Waals surface area contributed by atoms with Crippen LogP contribution in [0.25, 0.3) is 0 Å². The first-order valence-electron chi connectivity index (χ1n) is 7.61. The molecular formula is C15H27N3O2. The number of carbonyl (C=O) groups excluding carboxylic acids is 2. The Bertz CT molecular complexity index is 400. The number of rotatable bonds is 2. The molecule has 0 bridgehead atoms. The van der Waals surface area contributed by atoms with E-state index < -0.39 is 5.54 Å². The number of nitrogens with zero attached hydrogens (tertiary/aromatic N) is 2. The van der Waals surface area contributed by atoms with Crippen LogP contribution >= 0.6 is 0 Å². The van der Waals surface area contributed by atoms with Crippen molar-refractivity contribution in [3.8, 4) is 0 Å². The summed E-state index contributed by atoms with van der Waals surface area (Å²) in [4.78, 5) is 28.3. The van der Waals surface area contributed by atoms with Gasteiger partial charge in [0.1, 0.15) is 5.54 Å². The van der Waals surface area contributed by atoms with Gasteiger partial charge in [0.15, 0.2) is 0 Å². The van der Waals surface area contributed by atoms with E-state index in [-0.39, 0.29) is 17.4 Å². The minimum atomic E-state index is -0.755. The van der Waals surface area contributed by atoms with Gasteiger partial charge in [0, 0.05) is 32.1 Å². The van der Waals surface area contributed by atoms with Crippen molar-refractivity contribution in [3.05, 3.63) is 0 Å². The molecule has 1 saturated heterocycles. The van der Waals surface area contributed by atoms with Gasteiger partial charge in [-0.1, -0.05) is 19.3 Å². The van der Waals surface area contributed by atoms with Crippen LogP contribution in [0.15, 0.2) is 0 Å². The van der Waals surface area contributed by atoms with Crippen LogP contribution in [0.2, 0.25) is 0 Å². The number of likely N-dealkylation sites (N-methyl/N-ethyl adjacent to an activating group) is 1. The lowest BCUT2D eigenvalue weighted by Gasteiger charge is -2.46. The second kappa shape index (κ2) is 5.35. The zero-order valence-corrected chi connectivity index (χ0v) is 12.9. The lowest BCUT2D eigenvalue weighted by molar-refractivity contribution is -0.158. The molecule has 1 saturated carbocycles. The topological polar surface area (TPSA) is 66.6 Å². The van der Waals surface area contributed by atoms with Crippen LogP contribution in [-0.4, -0.2) is 52.8 Å². The monoisotopic (exact) mass is 281 g/mol. The van der Waals surface area contributed by atoms with E-state index in [2.05, 4.69) is 0 Å². The van der Waals surface area contributed by atoms with Crippen molar-refractivity contribution in [2.75, 3.05) is 20.1 Å². The molecule has 1 heterocycles. The van der Waals surface area contributed by atoms with Crippen molar-refractivity contribution in [1.82, 2.24) is 9.80 Å². The molecule has 2 rings (SSSR count). The lowest BCUT2D eigenvalue weighted by atomic mass is 9.79. The molecule has 0 aromatic heterocycles. The quantitative estimate of drug-likeness (QED) is 0.824. The van der Waals surface area contributed by atoms with Crippen molar-refractivity contribution in [3.63, 3.8) is 0 Å². The van der Waals surface area contributed by atoms with Gasteiger partial charge in [-0.25, -0.2) is 0 Å². The van der Waals surface area contributed by atoms with Crippen molar-refractivity contribution < 1.29 is 9.59 Å². The Morgan fingerprint density at radius 2 is 1.80 bits per heavy atom. The van der Waals surface area contributed by atoms with Crippen LogP contribution in [0.1, 0.15) is 52.4 Å². The normalized spacial score (nSPS) is 25.7. The maximum atomic E-state index is 12.6. The molecule has 2 N–H and O–H groups in total. The van der Waals surface area contributed by atoms with Crippen LogP contribution in [0.5, 0.6) is 0 Å². The molecule has 114 valence electrons. The van der Waals surface area contributed by atoms with E-state index in [0.717, 1.165) is 25.7 Å². The van der Waals surface area contributed by atoms with E-state index in [0.29, 0.717) is 19.5 Å². The van der Waals surface area contributed by atoms with Crippen molar-refractivity contribution >= 4 is 11.8 Å². The molecular weight excluding hydrogens is 254 g/mol. The molecule has 0 spiro atoms. The van der Waals surface area contributed by atoms with Gasteiger partial charge in [0.05, 0.1) is 0 Å². The zero-order valence-electron chi connectivity index (χ0n) is 12.9.